The maximum absolute atomic E-state index is 14.5. The van der Waals surface area contributed by atoms with Gasteiger partial charge in [0.05, 0.1) is 12.5 Å². The van der Waals surface area contributed by atoms with Crippen molar-refractivity contribution in [1.82, 2.24) is 5.06 Å². The van der Waals surface area contributed by atoms with Crippen molar-refractivity contribution in [3.05, 3.63) is 58.1 Å². The molecule has 2 heterocycles. The molecule has 0 saturated carbocycles. The van der Waals surface area contributed by atoms with Crippen molar-refractivity contribution in [1.29, 1.82) is 0 Å². The van der Waals surface area contributed by atoms with Gasteiger partial charge in [0.15, 0.2) is 41.2 Å². The highest BCUT2D eigenvalue weighted by Gasteiger charge is 2.45. The molecule has 0 radical (unpaired) electrons. The van der Waals surface area contributed by atoms with Gasteiger partial charge in [0.2, 0.25) is 5.82 Å². The van der Waals surface area contributed by atoms with Gasteiger partial charge < -0.3 is 19.7 Å². The Labute approximate surface area is 170 Å². The molecule has 168 valence electrons. The van der Waals surface area contributed by atoms with Gasteiger partial charge in [0.1, 0.15) is 0 Å². The molecular formula is C18H14F5NO7. The van der Waals surface area contributed by atoms with Gasteiger partial charge in [-0.2, -0.15) is 5.06 Å². The quantitative estimate of drug-likeness (QED) is 0.309. The van der Waals surface area contributed by atoms with E-state index in [1.807, 2.05) is 0 Å². The van der Waals surface area contributed by atoms with Crippen molar-refractivity contribution in [3.63, 3.8) is 0 Å². The summed E-state index contributed by atoms with van der Waals surface area (Å²) in [6.45, 7) is 2.71. The van der Waals surface area contributed by atoms with E-state index in [2.05, 4.69) is 0 Å². The Kier molecular flexibility index (Phi) is 6.02. The van der Waals surface area contributed by atoms with E-state index in [1.165, 1.54) is 13.8 Å². The Morgan fingerprint density at radius 1 is 0.935 bits per heavy atom. The van der Waals surface area contributed by atoms with Crippen LogP contribution in [0.3, 0.4) is 0 Å². The first kappa shape index (κ1) is 22.7. The monoisotopic (exact) mass is 451 g/mol. The molecular weight excluding hydrogens is 437 g/mol. The second-order valence-corrected chi connectivity index (χ2v) is 6.38. The Hall–Kier alpha value is -3.03. The standard InChI is InChI=1S/C18H14F5NO7/c1-3-29-24-5(2)4-6(7-8(19)10(21)12(23)11(22)9(7)20)15-16(24)31-18(28)14(26)13(25)17(27)30-15/h4,6,13-14,25-26H,3H2,1-2H3. The third-order valence-electron chi connectivity index (χ3n) is 4.41. The van der Waals surface area contributed by atoms with E-state index >= 15 is 0 Å². The van der Waals surface area contributed by atoms with Gasteiger partial charge in [-0.3, -0.25) is 4.84 Å². The molecule has 2 N–H and O–H groups in total. The number of hydroxylamine groups is 2. The summed E-state index contributed by atoms with van der Waals surface area (Å²) in [6, 6.07) is 0. The molecule has 0 fully saturated rings. The van der Waals surface area contributed by atoms with E-state index in [0.717, 1.165) is 11.1 Å². The maximum atomic E-state index is 14.5. The number of carbonyl (C=O) groups excluding carboxylic acids is 2. The Balaban J connectivity index is 2.29. The molecule has 3 atom stereocenters. The average Bonchev–Trinajstić information content (AvgIpc) is 2.73. The number of aliphatic hydroxyl groups is 2. The lowest BCUT2D eigenvalue weighted by Gasteiger charge is -2.35. The molecule has 31 heavy (non-hydrogen) atoms. The van der Waals surface area contributed by atoms with Crippen LogP contribution in [0.5, 0.6) is 0 Å². The fourth-order valence-electron chi connectivity index (χ4n) is 2.96. The minimum absolute atomic E-state index is 0.0472. The number of esters is 2. The summed E-state index contributed by atoms with van der Waals surface area (Å²) in [4.78, 5) is 29.4. The zero-order chi connectivity index (χ0) is 23.2. The first-order chi connectivity index (χ1) is 14.5. The fourth-order valence-corrected chi connectivity index (χ4v) is 2.96. The van der Waals surface area contributed by atoms with Crippen molar-refractivity contribution >= 4 is 11.9 Å². The number of hydrogen-bond acceptors (Lipinski definition) is 8. The molecule has 1 aromatic rings. The zero-order valence-electron chi connectivity index (χ0n) is 15.8. The summed E-state index contributed by atoms with van der Waals surface area (Å²) in [7, 11) is 0. The van der Waals surface area contributed by atoms with Crippen LogP contribution in [-0.4, -0.2) is 46.0 Å². The summed E-state index contributed by atoms with van der Waals surface area (Å²) in [5.41, 5.74) is -1.45. The second kappa shape index (κ2) is 8.24. The van der Waals surface area contributed by atoms with Gasteiger partial charge in [-0.05, 0) is 19.9 Å². The highest BCUT2D eigenvalue weighted by atomic mass is 19.2. The molecule has 0 bridgehead atoms. The lowest BCUT2D eigenvalue weighted by molar-refractivity contribution is -0.189. The topological polar surface area (TPSA) is 106 Å². The van der Waals surface area contributed by atoms with E-state index in [4.69, 9.17) is 14.3 Å². The first-order valence-electron chi connectivity index (χ1n) is 8.67. The van der Waals surface area contributed by atoms with Gasteiger partial charge >= 0.3 is 11.9 Å². The SMILES string of the molecule is CCON1C(C)=CC(c2c(F)c(F)c(F)c(F)c2F)C2=C1OC(=O)C(O)C(O)C(=O)O2. The third-order valence-corrected chi connectivity index (χ3v) is 4.41. The van der Waals surface area contributed by atoms with Gasteiger partial charge in [-0.25, -0.2) is 31.5 Å². The predicted molar refractivity (Wildman–Crippen MR) is 87.4 cm³/mol. The number of nitrogens with zero attached hydrogens (tertiary/aromatic N) is 1. The highest BCUT2D eigenvalue weighted by Crippen LogP contribution is 2.42. The number of carbonyl (C=O) groups is 2. The summed E-state index contributed by atoms with van der Waals surface area (Å²) >= 11 is 0. The van der Waals surface area contributed by atoms with Gasteiger partial charge in [0.25, 0.3) is 5.88 Å². The number of halogens is 5. The van der Waals surface area contributed by atoms with Crippen molar-refractivity contribution in [2.24, 2.45) is 0 Å². The van der Waals surface area contributed by atoms with Gasteiger partial charge in [-0.1, -0.05) is 0 Å². The van der Waals surface area contributed by atoms with Crippen LogP contribution in [0.25, 0.3) is 0 Å². The number of allylic oxidation sites excluding steroid dienone is 2. The van der Waals surface area contributed by atoms with Crippen LogP contribution in [0.15, 0.2) is 23.4 Å². The van der Waals surface area contributed by atoms with Crippen LogP contribution in [0.4, 0.5) is 22.0 Å². The van der Waals surface area contributed by atoms with Crippen LogP contribution in [0.2, 0.25) is 0 Å². The molecule has 0 amide bonds. The first-order valence-corrected chi connectivity index (χ1v) is 8.67. The molecule has 0 aliphatic carbocycles. The molecule has 3 unspecified atom stereocenters. The highest BCUT2D eigenvalue weighted by molar-refractivity contribution is 5.87. The summed E-state index contributed by atoms with van der Waals surface area (Å²) in [5, 5.41) is 20.1. The summed E-state index contributed by atoms with van der Waals surface area (Å²) in [5.74, 6) is -18.2. The molecule has 1 aromatic carbocycles. The number of benzene rings is 1. The Bertz CT molecular complexity index is 996. The molecule has 0 aromatic heterocycles. The Morgan fingerprint density at radius 2 is 1.42 bits per heavy atom. The molecule has 2 aliphatic rings. The maximum Gasteiger partial charge on any atom is 0.345 e. The zero-order valence-corrected chi connectivity index (χ0v) is 15.8. The predicted octanol–water partition coefficient (Wildman–Crippen LogP) is 1.63. The lowest BCUT2D eigenvalue weighted by Crippen LogP contribution is -2.46. The van der Waals surface area contributed by atoms with Gasteiger partial charge in [0, 0.05) is 11.3 Å². The third kappa shape index (κ3) is 3.64. The van der Waals surface area contributed by atoms with Gasteiger partial charge in [-0.15, -0.1) is 0 Å². The largest absolute Gasteiger partial charge is 0.422 e. The van der Waals surface area contributed by atoms with Crippen molar-refractivity contribution in [2.45, 2.75) is 32.0 Å². The molecule has 0 spiro atoms. The van der Waals surface area contributed by atoms with Crippen LogP contribution < -0.4 is 0 Å². The van der Waals surface area contributed by atoms with Crippen LogP contribution in [-0.2, 0) is 23.9 Å². The minimum Gasteiger partial charge on any atom is -0.422 e. The molecule has 13 heteroatoms. The lowest BCUT2D eigenvalue weighted by atomic mass is 9.92. The van der Waals surface area contributed by atoms with E-state index in [9.17, 15) is 41.8 Å². The molecule has 0 saturated heterocycles. The summed E-state index contributed by atoms with van der Waals surface area (Å²) < 4.78 is 79.7. The fraction of sp³-hybridized carbons (Fsp3) is 0.333. The van der Waals surface area contributed by atoms with Crippen LogP contribution >= 0.6 is 0 Å². The normalized spacial score (nSPS) is 24.2. The van der Waals surface area contributed by atoms with Crippen molar-refractivity contribution in [2.75, 3.05) is 6.61 Å². The van der Waals surface area contributed by atoms with Crippen LogP contribution in [0, 0.1) is 29.1 Å². The molecule has 8 nitrogen and oxygen atoms in total. The summed E-state index contributed by atoms with van der Waals surface area (Å²) in [6.07, 6.45) is -3.91. The van der Waals surface area contributed by atoms with Crippen LogP contribution in [0.1, 0.15) is 25.3 Å². The minimum atomic E-state index is -2.45. The average molecular weight is 451 g/mol. The molecule has 2 aliphatic heterocycles. The molecule has 3 rings (SSSR count). The number of hydrogen-bond donors (Lipinski definition) is 2. The number of ether oxygens (including phenoxy) is 2. The Morgan fingerprint density at radius 3 is 1.94 bits per heavy atom. The smallest absolute Gasteiger partial charge is 0.345 e. The second-order valence-electron chi connectivity index (χ2n) is 6.38. The van der Waals surface area contributed by atoms with E-state index in [0.29, 0.717) is 0 Å². The number of aliphatic hydroxyl groups excluding tert-OH is 2. The van der Waals surface area contributed by atoms with E-state index < -0.39 is 76.4 Å². The van der Waals surface area contributed by atoms with E-state index in [1.54, 1.807) is 0 Å². The van der Waals surface area contributed by atoms with Crippen molar-refractivity contribution in [3.8, 4) is 0 Å². The van der Waals surface area contributed by atoms with Crippen molar-refractivity contribution < 1.29 is 56.1 Å². The van der Waals surface area contributed by atoms with E-state index in [-0.39, 0.29) is 12.3 Å². The number of rotatable bonds is 3.